The maximum Gasteiger partial charge on any atom is 0.412 e. The van der Waals surface area contributed by atoms with Gasteiger partial charge in [0.2, 0.25) is 5.88 Å². The van der Waals surface area contributed by atoms with Crippen LogP contribution in [0, 0.1) is 0 Å². The number of aromatic nitrogens is 1. The summed E-state index contributed by atoms with van der Waals surface area (Å²) in [6.07, 6.45) is 0.381. The molecule has 0 fully saturated rings. The topological polar surface area (TPSA) is 118 Å². The number of aldehydes is 1. The van der Waals surface area contributed by atoms with Crippen LogP contribution in [0.15, 0.2) is 72.9 Å². The van der Waals surface area contributed by atoms with E-state index >= 15 is 0 Å². The van der Waals surface area contributed by atoms with E-state index in [1.165, 1.54) is 13.1 Å². The third-order valence-corrected chi connectivity index (χ3v) is 5.38. The number of benzene rings is 2. The largest absolute Gasteiger partial charge is 0.491 e. The summed E-state index contributed by atoms with van der Waals surface area (Å²) in [6, 6.07) is 19.1. The molecule has 0 bridgehead atoms. The molecule has 3 aromatic rings. The van der Waals surface area contributed by atoms with Crippen molar-refractivity contribution in [1.82, 2.24) is 9.88 Å². The van der Waals surface area contributed by atoms with Crippen molar-refractivity contribution in [3.63, 3.8) is 0 Å². The molecule has 0 unspecified atom stereocenters. The molecule has 0 aliphatic carbocycles. The number of hydrogen-bond acceptors (Lipinski definition) is 8. The third kappa shape index (κ3) is 8.57. The van der Waals surface area contributed by atoms with E-state index in [2.05, 4.69) is 4.98 Å². The van der Waals surface area contributed by atoms with Crippen LogP contribution in [0.5, 0.6) is 17.4 Å². The number of aliphatic hydroxyl groups excluding tert-OH is 1. The summed E-state index contributed by atoms with van der Waals surface area (Å²) in [4.78, 5) is 29.4. The Morgan fingerprint density at radius 3 is 2.32 bits per heavy atom. The minimum atomic E-state index is -1.70. The highest BCUT2D eigenvalue weighted by Gasteiger charge is 2.37. The van der Waals surface area contributed by atoms with Crippen LogP contribution in [0.1, 0.15) is 43.6 Å². The number of carbonyl (C=O) groups is 2. The van der Waals surface area contributed by atoms with Crippen molar-refractivity contribution in [2.75, 3.05) is 13.2 Å². The van der Waals surface area contributed by atoms with E-state index < -0.39 is 23.5 Å². The van der Waals surface area contributed by atoms with Crippen molar-refractivity contribution in [2.45, 2.75) is 51.5 Å². The fourth-order valence-corrected chi connectivity index (χ4v) is 3.60. The minimum Gasteiger partial charge on any atom is -0.491 e. The van der Waals surface area contributed by atoms with Crippen molar-refractivity contribution in [1.29, 1.82) is 0 Å². The van der Waals surface area contributed by atoms with Gasteiger partial charge in [0.1, 0.15) is 35.5 Å². The standard InChI is InChI=1S/C29H34N2O7/c1-28(2,3)38-27(34)31(18-23(33)20-36-24-10-6-5-7-11-24)29(4,35)17-21-12-14-25(15-13-21)37-26-22(19-32)9-8-16-30-26/h5-16,19,23,33,35H,17-18,20H2,1-4H3/t23-,29+/m0/s1. The molecule has 9 heteroatoms. The molecule has 0 saturated carbocycles. The van der Waals surface area contributed by atoms with Gasteiger partial charge < -0.3 is 24.4 Å². The quantitative estimate of drug-likeness (QED) is 0.277. The molecule has 38 heavy (non-hydrogen) atoms. The smallest absolute Gasteiger partial charge is 0.412 e. The summed E-state index contributed by atoms with van der Waals surface area (Å²) in [7, 11) is 0. The van der Waals surface area contributed by atoms with Crippen LogP contribution in [0.25, 0.3) is 0 Å². The number of carbonyl (C=O) groups excluding carboxylic acids is 2. The summed E-state index contributed by atoms with van der Waals surface area (Å²) in [6.45, 7) is 6.36. The Bertz CT molecular complexity index is 1190. The van der Waals surface area contributed by atoms with Gasteiger partial charge in [-0.3, -0.25) is 9.69 Å². The van der Waals surface area contributed by atoms with Crippen molar-refractivity contribution in [3.05, 3.63) is 84.1 Å². The first kappa shape index (κ1) is 28.6. The number of aliphatic hydroxyl groups is 2. The van der Waals surface area contributed by atoms with E-state index in [1.54, 1.807) is 69.3 Å². The number of rotatable bonds is 11. The van der Waals surface area contributed by atoms with E-state index in [4.69, 9.17) is 14.2 Å². The summed E-state index contributed by atoms with van der Waals surface area (Å²) < 4.78 is 16.8. The lowest BCUT2D eigenvalue weighted by Crippen LogP contribution is -2.55. The van der Waals surface area contributed by atoms with E-state index in [1.807, 2.05) is 18.2 Å². The molecular weight excluding hydrogens is 488 g/mol. The molecular formula is C29H34N2O7. The first-order valence-electron chi connectivity index (χ1n) is 12.2. The number of ether oxygens (including phenoxy) is 3. The van der Waals surface area contributed by atoms with E-state index in [0.717, 1.165) is 4.90 Å². The van der Waals surface area contributed by atoms with Crippen LogP contribution in [0.4, 0.5) is 4.79 Å². The fraction of sp³-hybridized carbons (Fsp3) is 0.345. The first-order valence-corrected chi connectivity index (χ1v) is 12.2. The summed E-state index contributed by atoms with van der Waals surface area (Å²) >= 11 is 0. The SMILES string of the molecule is CC(C)(C)OC(=O)N(C[C@H](O)COc1ccccc1)[C@](C)(O)Cc1ccc(Oc2ncccc2C=O)cc1. The summed E-state index contributed by atoms with van der Waals surface area (Å²) in [5, 5.41) is 22.0. The van der Waals surface area contributed by atoms with Gasteiger partial charge in [-0.1, -0.05) is 30.3 Å². The van der Waals surface area contributed by atoms with Gasteiger partial charge in [0.15, 0.2) is 6.29 Å². The molecule has 0 radical (unpaired) electrons. The fourth-order valence-electron chi connectivity index (χ4n) is 3.60. The number of pyridine rings is 1. The number of para-hydroxylation sites is 1. The second kappa shape index (κ2) is 12.5. The van der Waals surface area contributed by atoms with E-state index in [0.29, 0.717) is 28.9 Å². The van der Waals surface area contributed by atoms with Crippen molar-refractivity contribution in [2.24, 2.45) is 0 Å². The Kier molecular flexibility index (Phi) is 9.44. The molecule has 2 atom stereocenters. The van der Waals surface area contributed by atoms with Crippen LogP contribution < -0.4 is 9.47 Å². The van der Waals surface area contributed by atoms with Crippen LogP contribution >= 0.6 is 0 Å². The number of amides is 1. The second-order valence-electron chi connectivity index (χ2n) is 10.0. The van der Waals surface area contributed by atoms with Gasteiger partial charge in [-0.2, -0.15) is 0 Å². The maximum atomic E-state index is 13.1. The van der Waals surface area contributed by atoms with Crippen LogP contribution in [-0.2, 0) is 11.2 Å². The molecule has 1 heterocycles. The van der Waals surface area contributed by atoms with Crippen LogP contribution in [0.3, 0.4) is 0 Å². The molecule has 202 valence electrons. The minimum absolute atomic E-state index is 0.0436. The number of nitrogens with zero attached hydrogens (tertiary/aromatic N) is 2. The average Bonchev–Trinajstić information content (AvgIpc) is 2.87. The summed E-state index contributed by atoms with van der Waals surface area (Å²) in [5.74, 6) is 1.22. The van der Waals surface area contributed by atoms with Gasteiger partial charge >= 0.3 is 6.09 Å². The molecule has 0 spiro atoms. The predicted molar refractivity (Wildman–Crippen MR) is 141 cm³/mol. The Morgan fingerprint density at radius 2 is 1.68 bits per heavy atom. The Hall–Kier alpha value is -3.95. The highest BCUT2D eigenvalue weighted by Crippen LogP contribution is 2.26. The monoisotopic (exact) mass is 522 g/mol. The van der Waals surface area contributed by atoms with Gasteiger partial charge in [0, 0.05) is 12.6 Å². The van der Waals surface area contributed by atoms with Gasteiger partial charge in [-0.15, -0.1) is 0 Å². The van der Waals surface area contributed by atoms with Crippen molar-refractivity contribution < 1.29 is 34.0 Å². The van der Waals surface area contributed by atoms with Crippen LogP contribution in [-0.4, -0.2) is 63.1 Å². The molecule has 9 nitrogen and oxygen atoms in total. The zero-order valence-corrected chi connectivity index (χ0v) is 22.0. The maximum absolute atomic E-state index is 13.1. The van der Waals surface area contributed by atoms with Crippen molar-refractivity contribution >= 4 is 12.4 Å². The average molecular weight is 523 g/mol. The molecule has 0 saturated heterocycles. The predicted octanol–water partition coefficient (Wildman–Crippen LogP) is 4.61. The lowest BCUT2D eigenvalue weighted by atomic mass is 10.0. The molecule has 1 amide bonds. The van der Waals surface area contributed by atoms with E-state index in [9.17, 15) is 19.8 Å². The zero-order chi connectivity index (χ0) is 27.8. The summed E-state index contributed by atoms with van der Waals surface area (Å²) in [5.41, 5.74) is -1.49. The molecule has 1 aromatic heterocycles. The zero-order valence-electron chi connectivity index (χ0n) is 22.0. The van der Waals surface area contributed by atoms with Crippen molar-refractivity contribution in [3.8, 4) is 17.4 Å². The lowest BCUT2D eigenvalue weighted by molar-refractivity contribution is -0.108. The van der Waals surface area contributed by atoms with Crippen LogP contribution in [0.2, 0.25) is 0 Å². The van der Waals surface area contributed by atoms with E-state index in [-0.39, 0.29) is 25.5 Å². The Morgan fingerprint density at radius 1 is 1.00 bits per heavy atom. The van der Waals surface area contributed by atoms with Gasteiger partial charge in [0.25, 0.3) is 0 Å². The Labute approximate surface area is 222 Å². The first-order chi connectivity index (χ1) is 18.0. The molecule has 0 aliphatic rings. The van der Waals surface area contributed by atoms with Gasteiger partial charge in [0.05, 0.1) is 12.1 Å². The molecule has 3 rings (SSSR count). The second-order valence-corrected chi connectivity index (χ2v) is 10.0. The third-order valence-electron chi connectivity index (χ3n) is 5.38. The molecule has 0 aliphatic heterocycles. The number of hydrogen-bond donors (Lipinski definition) is 2. The van der Waals surface area contributed by atoms with Gasteiger partial charge in [-0.05, 0) is 69.7 Å². The normalized spacial score (nSPS) is 13.6. The van der Waals surface area contributed by atoms with Gasteiger partial charge in [-0.25, -0.2) is 9.78 Å². The lowest BCUT2D eigenvalue weighted by Gasteiger charge is -2.39. The molecule has 2 aromatic carbocycles. The highest BCUT2D eigenvalue weighted by molar-refractivity contribution is 5.78. The highest BCUT2D eigenvalue weighted by atomic mass is 16.6. The Balaban J connectivity index is 1.72. The molecule has 2 N–H and O–H groups in total.